The van der Waals surface area contributed by atoms with Crippen LogP contribution in [-0.2, 0) is 14.3 Å². The van der Waals surface area contributed by atoms with Gasteiger partial charge in [0.25, 0.3) is 0 Å². The average Bonchev–Trinajstić information content (AvgIpc) is 3.20. The normalized spacial score (nSPS) is 17.4. The number of aromatic nitrogens is 2. The van der Waals surface area contributed by atoms with E-state index in [1.54, 1.807) is 0 Å². The van der Waals surface area contributed by atoms with Gasteiger partial charge in [-0.2, -0.15) is 0 Å². The number of H-pyrrole nitrogens is 1. The summed E-state index contributed by atoms with van der Waals surface area (Å²) in [5.41, 5.74) is 3.12. The summed E-state index contributed by atoms with van der Waals surface area (Å²) in [5, 5.41) is 0. The minimum Gasteiger partial charge on any atom is -0.469 e. The van der Waals surface area contributed by atoms with E-state index in [4.69, 9.17) is 0 Å². The van der Waals surface area contributed by atoms with Crippen LogP contribution in [0.15, 0.2) is 18.2 Å². The number of aryl methyl sites for hydroxylation is 1. The summed E-state index contributed by atoms with van der Waals surface area (Å²) in [7, 11) is 1.37. The Morgan fingerprint density at radius 1 is 1.38 bits per heavy atom. The van der Waals surface area contributed by atoms with E-state index >= 15 is 0 Å². The summed E-state index contributed by atoms with van der Waals surface area (Å²) in [6.45, 7) is 2.80. The lowest BCUT2D eigenvalue weighted by atomic mass is 10.2. The van der Waals surface area contributed by atoms with Gasteiger partial charge in [0.1, 0.15) is 5.82 Å². The topological polar surface area (TPSA) is 75.3 Å². The number of rotatable bonds is 5. The number of methoxy groups -OCH3 is 1. The number of carbonyl (C=O) groups is 2. The van der Waals surface area contributed by atoms with Gasteiger partial charge in [0.05, 0.1) is 24.2 Å². The van der Waals surface area contributed by atoms with Crippen molar-refractivity contribution in [2.24, 2.45) is 0 Å². The number of nitrogens with one attached hydrogen (secondary N) is 1. The van der Waals surface area contributed by atoms with E-state index in [2.05, 4.69) is 20.8 Å². The van der Waals surface area contributed by atoms with Crippen LogP contribution in [0.1, 0.15) is 49.5 Å². The summed E-state index contributed by atoms with van der Waals surface area (Å²) in [6.07, 6.45) is 3.06. The molecular formula is C18H23N3O3. The van der Waals surface area contributed by atoms with Crippen LogP contribution in [0, 0.1) is 6.92 Å². The highest BCUT2D eigenvalue weighted by molar-refractivity contribution is 5.79. The molecule has 128 valence electrons. The molecule has 1 aromatic carbocycles. The molecule has 1 aliphatic rings. The monoisotopic (exact) mass is 329 g/mol. The summed E-state index contributed by atoms with van der Waals surface area (Å²) in [6, 6.07) is 6.12. The number of benzene rings is 1. The number of likely N-dealkylation sites (tertiary alicyclic amines) is 1. The van der Waals surface area contributed by atoms with Crippen molar-refractivity contribution in [3.63, 3.8) is 0 Å². The van der Waals surface area contributed by atoms with Crippen molar-refractivity contribution in [2.75, 3.05) is 13.7 Å². The lowest BCUT2D eigenvalue weighted by Gasteiger charge is -2.23. The molecule has 3 rings (SSSR count). The second-order valence-corrected chi connectivity index (χ2v) is 6.32. The Hall–Kier alpha value is -2.37. The number of imidazole rings is 1. The maximum absolute atomic E-state index is 12.5. The smallest absolute Gasteiger partial charge is 0.305 e. The minimum absolute atomic E-state index is 0.00309. The molecule has 24 heavy (non-hydrogen) atoms. The summed E-state index contributed by atoms with van der Waals surface area (Å²) >= 11 is 0. The number of carbonyl (C=O) groups excluding carboxylic acids is 2. The molecule has 6 nitrogen and oxygen atoms in total. The Labute approximate surface area is 141 Å². The van der Waals surface area contributed by atoms with Gasteiger partial charge in [-0.15, -0.1) is 0 Å². The van der Waals surface area contributed by atoms with E-state index in [1.807, 2.05) is 24.0 Å². The van der Waals surface area contributed by atoms with Crippen LogP contribution >= 0.6 is 0 Å². The first-order valence-electron chi connectivity index (χ1n) is 8.41. The van der Waals surface area contributed by atoms with E-state index in [1.165, 1.54) is 12.7 Å². The average molecular weight is 329 g/mol. The van der Waals surface area contributed by atoms with Crippen LogP contribution in [-0.4, -0.2) is 40.4 Å². The van der Waals surface area contributed by atoms with Gasteiger partial charge in [0.2, 0.25) is 5.91 Å². The Kier molecular flexibility index (Phi) is 4.83. The van der Waals surface area contributed by atoms with Gasteiger partial charge in [0.15, 0.2) is 0 Å². The van der Waals surface area contributed by atoms with Crippen LogP contribution in [0.5, 0.6) is 0 Å². The molecule has 0 saturated carbocycles. The predicted octanol–water partition coefficient (Wildman–Crippen LogP) is 2.88. The zero-order valence-corrected chi connectivity index (χ0v) is 14.2. The highest BCUT2D eigenvalue weighted by atomic mass is 16.5. The van der Waals surface area contributed by atoms with E-state index in [0.717, 1.165) is 36.2 Å². The highest BCUT2D eigenvalue weighted by Crippen LogP contribution is 2.32. The number of amides is 1. The quantitative estimate of drug-likeness (QED) is 0.856. The van der Waals surface area contributed by atoms with Crippen LogP contribution < -0.4 is 0 Å². The summed E-state index contributed by atoms with van der Waals surface area (Å²) < 4.78 is 4.61. The molecule has 0 spiro atoms. The zero-order valence-electron chi connectivity index (χ0n) is 14.2. The second-order valence-electron chi connectivity index (χ2n) is 6.32. The molecule has 1 N–H and O–H groups in total. The molecule has 1 fully saturated rings. The predicted molar refractivity (Wildman–Crippen MR) is 90.4 cm³/mol. The third kappa shape index (κ3) is 3.42. The highest BCUT2D eigenvalue weighted by Gasteiger charge is 2.31. The van der Waals surface area contributed by atoms with Gasteiger partial charge in [-0.25, -0.2) is 4.98 Å². The number of ether oxygens (including phenoxy) is 1. The Balaban J connectivity index is 1.69. The molecule has 1 aliphatic heterocycles. The van der Waals surface area contributed by atoms with E-state index in [9.17, 15) is 9.59 Å². The standard InChI is InChI=1S/C18H23N3O3/c1-12-8-9-13-14(11-12)20-18(19-13)15-5-4-10-21(15)16(22)6-3-7-17(23)24-2/h8-9,11,15H,3-7,10H2,1-2H3,(H,19,20)/t15-/m1/s1. The summed E-state index contributed by atoms with van der Waals surface area (Å²) in [5.74, 6) is 0.667. The number of hydrogen-bond donors (Lipinski definition) is 1. The van der Waals surface area contributed by atoms with Crippen molar-refractivity contribution in [1.29, 1.82) is 0 Å². The molecule has 0 bridgehead atoms. The van der Waals surface area contributed by atoms with Crippen LogP contribution in [0.2, 0.25) is 0 Å². The van der Waals surface area contributed by atoms with E-state index < -0.39 is 0 Å². The number of esters is 1. The molecule has 1 aromatic heterocycles. The molecule has 0 unspecified atom stereocenters. The lowest BCUT2D eigenvalue weighted by Crippen LogP contribution is -2.31. The summed E-state index contributed by atoms with van der Waals surface area (Å²) in [4.78, 5) is 33.6. The third-order valence-corrected chi connectivity index (χ3v) is 4.54. The fraction of sp³-hybridized carbons (Fsp3) is 0.500. The van der Waals surface area contributed by atoms with Gasteiger partial charge in [-0.1, -0.05) is 6.07 Å². The van der Waals surface area contributed by atoms with E-state index in [0.29, 0.717) is 12.8 Å². The van der Waals surface area contributed by atoms with Crippen molar-refractivity contribution >= 4 is 22.9 Å². The fourth-order valence-electron chi connectivity index (χ4n) is 3.28. The van der Waals surface area contributed by atoms with Crippen molar-refractivity contribution in [3.05, 3.63) is 29.6 Å². The fourth-order valence-corrected chi connectivity index (χ4v) is 3.28. The van der Waals surface area contributed by atoms with Crippen molar-refractivity contribution < 1.29 is 14.3 Å². The largest absolute Gasteiger partial charge is 0.469 e. The van der Waals surface area contributed by atoms with Crippen LogP contribution in [0.4, 0.5) is 0 Å². The first-order valence-corrected chi connectivity index (χ1v) is 8.41. The number of fused-ring (bicyclic) bond motifs is 1. The lowest BCUT2D eigenvalue weighted by molar-refractivity contribution is -0.141. The van der Waals surface area contributed by atoms with Crippen LogP contribution in [0.25, 0.3) is 11.0 Å². The first-order chi connectivity index (χ1) is 11.6. The molecule has 0 radical (unpaired) electrons. The Morgan fingerprint density at radius 3 is 3.00 bits per heavy atom. The molecule has 6 heteroatoms. The number of hydrogen-bond acceptors (Lipinski definition) is 4. The number of aromatic amines is 1. The SMILES string of the molecule is COC(=O)CCCC(=O)N1CCC[C@@H]1c1nc2ccc(C)cc2[nH]1. The molecular weight excluding hydrogens is 306 g/mol. The van der Waals surface area contributed by atoms with Crippen molar-refractivity contribution in [2.45, 2.75) is 45.1 Å². The second kappa shape index (κ2) is 7.03. The third-order valence-electron chi connectivity index (χ3n) is 4.54. The first kappa shape index (κ1) is 16.5. The van der Waals surface area contributed by atoms with Gasteiger partial charge >= 0.3 is 5.97 Å². The van der Waals surface area contributed by atoms with Crippen molar-refractivity contribution in [3.8, 4) is 0 Å². The minimum atomic E-state index is -0.270. The molecule has 2 aromatic rings. The van der Waals surface area contributed by atoms with Gasteiger partial charge < -0.3 is 14.6 Å². The van der Waals surface area contributed by atoms with Crippen LogP contribution in [0.3, 0.4) is 0 Å². The zero-order chi connectivity index (χ0) is 17.1. The molecule has 1 amide bonds. The molecule has 1 atom stereocenters. The number of nitrogens with zero attached hydrogens (tertiary/aromatic N) is 2. The maximum atomic E-state index is 12.5. The molecule has 1 saturated heterocycles. The Morgan fingerprint density at radius 2 is 2.21 bits per heavy atom. The maximum Gasteiger partial charge on any atom is 0.305 e. The van der Waals surface area contributed by atoms with Gasteiger partial charge in [0, 0.05) is 19.4 Å². The van der Waals surface area contributed by atoms with Crippen molar-refractivity contribution in [1.82, 2.24) is 14.9 Å². The van der Waals surface area contributed by atoms with Gasteiger partial charge in [-0.3, -0.25) is 9.59 Å². The van der Waals surface area contributed by atoms with E-state index in [-0.39, 0.29) is 24.3 Å². The van der Waals surface area contributed by atoms with Gasteiger partial charge in [-0.05, 0) is 43.9 Å². The molecule has 0 aliphatic carbocycles. The molecule has 2 heterocycles. The Bertz CT molecular complexity index is 753.